The molecule has 0 saturated heterocycles. The fraction of sp³-hybridized carbons (Fsp3) is 0.467. The van der Waals surface area contributed by atoms with Crippen LogP contribution in [-0.4, -0.2) is 93.7 Å². The molecule has 8 aromatic rings. The van der Waals surface area contributed by atoms with Crippen molar-refractivity contribution in [1.29, 1.82) is 0 Å². The maximum atomic E-state index is 13.7. The molecule has 2 saturated carbocycles. The molecule has 2 aliphatic carbocycles. The Morgan fingerprint density at radius 3 is 1.27 bits per heavy atom. The Morgan fingerprint density at radius 2 is 0.935 bits per heavy atom. The summed E-state index contributed by atoms with van der Waals surface area (Å²) in [6, 6.07) is 7.00. The molecule has 496 valence electrons. The molecule has 2 fully saturated rings. The topological polar surface area (TPSA) is 166 Å². The van der Waals surface area contributed by atoms with Crippen LogP contribution in [0.25, 0.3) is 11.1 Å². The SMILES string of the molecule is CCN(CC1CCCC1)c1ncc(-c2cscc2C)cc1CN(Cc1cc(C(F)(F)F)cc(C(F)(F)F)c1)c1nnn(C)n1.CCN(CC1CCCC1)c1ncc(Br)cc1CN(Cc1cc(C(F)(F)F)cc(C(F)(F)F)c1)c1nnn(C)n1.Cc1cscc1B(O)O. The molecular formula is C60H68BBrF12N14O2S2. The van der Waals surface area contributed by atoms with Crippen molar-refractivity contribution in [2.24, 2.45) is 25.9 Å². The molecule has 10 rings (SSSR count). The van der Waals surface area contributed by atoms with Crippen LogP contribution in [0.15, 0.2) is 86.9 Å². The largest absolute Gasteiger partial charge is 0.489 e. The predicted octanol–water partition coefficient (Wildman–Crippen LogP) is 14.3. The third kappa shape index (κ3) is 19.1. The number of pyridine rings is 2. The first-order chi connectivity index (χ1) is 43.4. The van der Waals surface area contributed by atoms with Crippen molar-refractivity contribution >= 4 is 74.7 Å². The first kappa shape index (κ1) is 71.0. The number of thiophene rings is 2. The minimum Gasteiger partial charge on any atom is -0.423 e. The van der Waals surface area contributed by atoms with Crippen molar-refractivity contribution in [1.82, 2.24) is 50.4 Å². The van der Waals surface area contributed by atoms with Crippen molar-refractivity contribution in [2.75, 3.05) is 45.8 Å². The molecule has 2 N–H and O–H groups in total. The Labute approximate surface area is 540 Å². The second-order valence-electron chi connectivity index (χ2n) is 22.8. The number of alkyl halides is 12. The van der Waals surface area contributed by atoms with Crippen LogP contribution < -0.4 is 25.1 Å². The monoisotopic (exact) mass is 1400 g/mol. The molecule has 2 aromatic carbocycles. The molecular weight excluding hydrogens is 1330 g/mol. The first-order valence-electron chi connectivity index (χ1n) is 29.5. The maximum absolute atomic E-state index is 13.7. The highest BCUT2D eigenvalue weighted by atomic mass is 79.9. The van der Waals surface area contributed by atoms with E-state index < -0.39 is 54.1 Å². The summed E-state index contributed by atoms with van der Waals surface area (Å²) >= 11 is 6.47. The molecule has 0 aliphatic heterocycles. The van der Waals surface area contributed by atoms with Crippen molar-refractivity contribution in [3.8, 4) is 11.1 Å². The second kappa shape index (κ2) is 30.5. The van der Waals surface area contributed by atoms with Gasteiger partial charge >= 0.3 is 31.8 Å². The van der Waals surface area contributed by atoms with Gasteiger partial charge in [-0.3, -0.25) is 0 Å². The van der Waals surface area contributed by atoms with Gasteiger partial charge in [-0.15, -0.1) is 10.2 Å². The van der Waals surface area contributed by atoms with Gasteiger partial charge in [0.2, 0.25) is 0 Å². The van der Waals surface area contributed by atoms with Crippen LogP contribution in [0.2, 0.25) is 0 Å². The van der Waals surface area contributed by atoms with Crippen molar-refractivity contribution in [3.05, 3.63) is 143 Å². The highest BCUT2D eigenvalue weighted by Gasteiger charge is 2.39. The molecule has 2 aliphatic rings. The lowest BCUT2D eigenvalue weighted by Gasteiger charge is -2.30. The number of halogens is 13. The number of aryl methyl sites for hydroxylation is 4. The Morgan fingerprint density at radius 1 is 0.533 bits per heavy atom. The minimum atomic E-state index is -4.96. The summed E-state index contributed by atoms with van der Waals surface area (Å²) in [6.07, 6.45) is -7.07. The van der Waals surface area contributed by atoms with Gasteiger partial charge in [-0.2, -0.15) is 85.0 Å². The predicted molar refractivity (Wildman–Crippen MR) is 333 cm³/mol. The third-order valence-corrected chi connectivity index (χ3v) is 18.0. The van der Waals surface area contributed by atoms with Crippen LogP contribution in [0, 0.1) is 25.7 Å². The van der Waals surface area contributed by atoms with E-state index in [9.17, 15) is 52.7 Å². The first-order valence-corrected chi connectivity index (χ1v) is 32.1. The smallest absolute Gasteiger partial charge is 0.423 e. The normalized spacial score (nSPS) is 14.1. The van der Waals surface area contributed by atoms with Crippen LogP contribution >= 0.6 is 38.6 Å². The van der Waals surface area contributed by atoms with Gasteiger partial charge in [-0.1, -0.05) is 35.9 Å². The molecule has 92 heavy (non-hydrogen) atoms. The molecule has 0 bridgehead atoms. The zero-order chi connectivity index (χ0) is 66.9. The van der Waals surface area contributed by atoms with E-state index in [-0.39, 0.29) is 61.3 Å². The van der Waals surface area contributed by atoms with E-state index >= 15 is 0 Å². The quantitative estimate of drug-likeness (QED) is 0.0546. The van der Waals surface area contributed by atoms with Crippen LogP contribution in [0.1, 0.15) is 121 Å². The van der Waals surface area contributed by atoms with Gasteiger partial charge in [0.25, 0.3) is 11.9 Å². The van der Waals surface area contributed by atoms with E-state index in [4.69, 9.17) is 15.0 Å². The minimum absolute atomic E-state index is 0.0632. The summed E-state index contributed by atoms with van der Waals surface area (Å²) in [4.78, 5) is 19.3. The van der Waals surface area contributed by atoms with Gasteiger partial charge in [0, 0.05) is 79.4 Å². The molecule has 6 heterocycles. The molecule has 0 spiro atoms. The average Bonchev–Trinajstić information content (AvgIpc) is 1.36. The Bertz CT molecular complexity index is 3630. The maximum Gasteiger partial charge on any atom is 0.489 e. The number of aromatic nitrogens is 10. The van der Waals surface area contributed by atoms with Gasteiger partial charge in [-0.05, 0) is 195 Å². The average molecular weight is 1400 g/mol. The molecule has 0 radical (unpaired) electrons. The van der Waals surface area contributed by atoms with E-state index in [1.54, 1.807) is 22.9 Å². The van der Waals surface area contributed by atoms with Crippen molar-refractivity contribution < 1.29 is 62.7 Å². The molecule has 0 amide bonds. The third-order valence-electron chi connectivity index (χ3n) is 15.8. The molecule has 6 aromatic heterocycles. The summed E-state index contributed by atoms with van der Waals surface area (Å²) in [7, 11) is 1.75. The van der Waals surface area contributed by atoms with E-state index in [2.05, 4.69) is 61.5 Å². The van der Waals surface area contributed by atoms with E-state index in [1.807, 2.05) is 62.2 Å². The van der Waals surface area contributed by atoms with Gasteiger partial charge < -0.3 is 29.6 Å². The van der Waals surface area contributed by atoms with Crippen molar-refractivity contribution in [3.63, 3.8) is 0 Å². The van der Waals surface area contributed by atoms with Crippen LogP contribution in [0.3, 0.4) is 0 Å². The van der Waals surface area contributed by atoms with Crippen molar-refractivity contribution in [2.45, 2.75) is 130 Å². The highest BCUT2D eigenvalue weighted by Crippen LogP contribution is 2.40. The number of anilines is 4. The number of hydrogen-bond acceptors (Lipinski definition) is 16. The summed E-state index contributed by atoms with van der Waals surface area (Å²) in [5.74, 6) is 2.60. The number of nitrogens with zero attached hydrogens (tertiary/aromatic N) is 14. The fourth-order valence-corrected chi connectivity index (χ4v) is 13.3. The van der Waals surface area contributed by atoms with Gasteiger partial charge in [0.15, 0.2) is 0 Å². The lowest BCUT2D eigenvalue weighted by atomic mass is 9.80. The molecule has 16 nitrogen and oxygen atoms in total. The van der Waals surface area contributed by atoms with Gasteiger partial charge in [0.1, 0.15) is 11.6 Å². The zero-order valence-corrected chi connectivity index (χ0v) is 54.2. The van der Waals surface area contributed by atoms with Crippen LogP contribution in [0.5, 0.6) is 0 Å². The summed E-state index contributed by atoms with van der Waals surface area (Å²) in [5.41, 5.74) is 0.0974. The van der Waals surface area contributed by atoms with E-state index in [0.717, 1.165) is 96.4 Å². The standard InChI is InChI=1S/C30H33F6N7S.C25H28BrF6N7.C5H7BO2S/c1-4-42(14-20-7-5-6-8-20)27-23(11-22(13-37-27)26-18-44-17-19(26)2)16-43(28-38-40-41(3)39-28)15-21-9-24(29(31,32)33)12-25(10-21)30(34,35)36;1-3-38(13-16-6-4-5-7-16)22-18(10-21(26)12-33-22)15-39(23-34-36-37(2)35-23)14-17-8-19(24(27,28)29)11-20(9-17)25(30,31)32;1-4-2-9-3-5(4)6(7)8/h9-13,17-18,20H,4-8,14-16H2,1-3H3;8-12,16H,3-7,13-15H2,1-2H3;2-3,7-8H,1H3. The van der Waals surface area contributed by atoms with E-state index in [0.29, 0.717) is 46.5 Å². The van der Waals surface area contributed by atoms with Gasteiger partial charge in [0.05, 0.1) is 42.9 Å². The second-order valence-corrected chi connectivity index (χ2v) is 25.2. The molecule has 0 atom stereocenters. The Hall–Kier alpha value is -6.90. The van der Waals surface area contributed by atoms with E-state index in [1.165, 1.54) is 70.5 Å². The summed E-state index contributed by atoms with van der Waals surface area (Å²) in [5, 5.41) is 49.2. The summed E-state index contributed by atoms with van der Waals surface area (Å²) in [6.45, 7) is 10.4. The number of benzene rings is 2. The lowest BCUT2D eigenvalue weighted by molar-refractivity contribution is -0.144. The fourth-order valence-electron chi connectivity index (χ4n) is 11.2. The number of hydrogen-bond donors (Lipinski definition) is 2. The highest BCUT2D eigenvalue weighted by molar-refractivity contribution is 9.10. The number of rotatable bonds is 20. The van der Waals surface area contributed by atoms with Crippen LogP contribution in [0.4, 0.5) is 76.2 Å². The summed E-state index contributed by atoms with van der Waals surface area (Å²) < 4.78 is 164. The van der Waals surface area contributed by atoms with Crippen LogP contribution in [-0.2, 0) is 65.0 Å². The molecule has 32 heteroatoms. The number of tetrazole rings is 2. The lowest BCUT2D eigenvalue weighted by Crippen LogP contribution is -2.32. The zero-order valence-electron chi connectivity index (χ0n) is 51.0. The Balaban J connectivity index is 0.000000209. The molecule has 0 unspecified atom stereocenters. The Kier molecular flexibility index (Phi) is 23.5. The van der Waals surface area contributed by atoms with Gasteiger partial charge in [-0.25, -0.2) is 9.97 Å².